The molecule has 0 bridgehead atoms. The molecule has 3 rings (SSSR count). The molecule has 0 radical (unpaired) electrons. The van der Waals surface area contributed by atoms with Crippen molar-refractivity contribution in [2.75, 3.05) is 19.6 Å². The molecule has 0 spiro atoms. The quantitative estimate of drug-likeness (QED) is 0.752. The van der Waals surface area contributed by atoms with Crippen molar-refractivity contribution in [2.24, 2.45) is 0 Å². The van der Waals surface area contributed by atoms with Gasteiger partial charge in [-0.25, -0.2) is 8.78 Å². The first kappa shape index (κ1) is 19.9. The molecule has 1 aliphatic rings. The summed E-state index contributed by atoms with van der Waals surface area (Å²) in [5, 5.41) is 5.82. The number of carbonyl (C=O) groups excluding carboxylic acids is 2. The number of piperazine rings is 1. The number of carbonyl (C=O) groups is 2. The molecule has 1 fully saturated rings. The molecule has 1 aromatic carbocycles. The number of hydrogen-bond acceptors (Lipinski definition) is 4. The lowest BCUT2D eigenvalue weighted by Gasteiger charge is -2.33. The third-order valence-corrected chi connectivity index (χ3v) is 4.50. The van der Waals surface area contributed by atoms with Crippen LogP contribution in [0.2, 0.25) is 0 Å². The van der Waals surface area contributed by atoms with Gasteiger partial charge in [-0.1, -0.05) is 6.07 Å². The summed E-state index contributed by atoms with van der Waals surface area (Å²) in [5.41, 5.74) is 1.26. The molecule has 2 amide bonds. The van der Waals surface area contributed by atoms with Gasteiger partial charge in [0.1, 0.15) is 11.6 Å². The Balaban J connectivity index is 1.50. The minimum Gasteiger partial charge on any atom is -0.356 e. The number of halogens is 2. The molecule has 1 atom stereocenters. The van der Waals surface area contributed by atoms with E-state index in [1.165, 1.54) is 17.0 Å². The standard InChI is InChI=1S/C20H22F2N4O2/c21-15-9-14(10-16(22)11-15)13-26-8-7-24-18(20(26)28)12-19(27)25-6-4-17-3-1-2-5-23-17/h1-3,5,9-11,18,24H,4,6-8,12-13H2,(H,25,27). The van der Waals surface area contributed by atoms with Crippen molar-refractivity contribution < 1.29 is 18.4 Å². The van der Waals surface area contributed by atoms with Gasteiger partial charge < -0.3 is 15.5 Å². The lowest BCUT2D eigenvalue weighted by molar-refractivity contribution is -0.138. The summed E-state index contributed by atoms with van der Waals surface area (Å²) < 4.78 is 26.7. The number of aromatic nitrogens is 1. The van der Waals surface area contributed by atoms with E-state index in [4.69, 9.17) is 0 Å². The predicted octanol–water partition coefficient (Wildman–Crippen LogP) is 1.41. The maximum absolute atomic E-state index is 13.4. The van der Waals surface area contributed by atoms with E-state index in [-0.39, 0.29) is 24.8 Å². The predicted molar refractivity (Wildman–Crippen MR) is 99.1 cm³/mol. The highest BCUT2D eigenvalue weighted by Gasteiger charge is 2.30. The van der Waals surface area contributed by atoms with Crippen molar-refractivity contribution in [1.29, 1.82) is 0 Å². The number of nitrogens with zero attached hydrogens (tertiary/aromatic N) is 2. The zero-order chi connectivity index (χ0) is 19.9. The van der Waals surface area contributed by atoms with Crippen molar-refractivity contribution in [3.63, 3.8) is 0 Å². The molecule has 6 nitrogen and oxygen atoms in total. The Morgan fingerprint density at radius 3 is 2.75 bits per heavy atom. The van der Waals surface area contributed by atoms with Crippen LogP contribution < -0.4 is 10.6 Å². The molecule has 2 aromatic rings. The monoisotopic (exact) mass is 388 g/mol. The average Bonchev–Trinajstić information content (AvgIpc) is 2.65. The second kappa shape index (κ2) is 9.36. The fourth-order valence-electron chi connectivity index (χ4n) is 3.16. The second-order valence-electron chi connectivity index (χ2n) is 6.67. The summed E-state index contributed by atoms with van der Waals surface area (Å²) >= 11 is 0. The lowest BCUT2D eigenvalue weighted by Crippen LogP contribution is -2.55. The molecule has 2 heterocycles. The summed E-state index contributed by atoms with van der Waals surface area (Å²) in [6, 6.07) is 8.14. The highest BCUT2D eigenvalue weighted by atomic mass is 19.1. The summed E-state index contributed by atoms with van der Waals surface area (Å²) in [6.45, 7) is 1.46. The van der Waals surface area contributed by atoms with Gasteiger partial charge in [0.25, 0.3) is 0 Å². The lowest BCUT2D eigenvalue weighted by atomic mass is 10.1. The molecule has 28 heavy (non-hydrogen) atoms. The number of rotatable bonds is 7. The maximum Gasteiger partial charge on any atom is 0.240 e. The van der Waals surface area contributed by atoms with Crippen LogP contribution >= 0.6 is 0 Å². The number of benzene rings is 1. The average molecular weight is 388 g/mol. The normalized spacial score (nSPS) is 16.9. The smallest absolute Gasteiger partial charge is 0.240 e. The molecular weight excluding hydrogens is 366 g/mol. The minimum absolute atomic E-state index is 0.00899. The van der Waals surface area contributed by atoms with E-state index in [9.17, 15) is 18.4 Å². The molecule has 1 aromatic heterocycles. The Morgan fingerprint density at radius 2 is 2.04 bits per heavy atom. The first-order valence-corrected chi connectivity index (χ1v) is 9.15. The van der Waals surface area contributed by atoms with Gasteiger partial charge in [0.15, 0.2) is 0 Å². The number of amides is 2. The minimum atomic E-state index is -0.679. The highest BCUT2D eigenvalue weighted by molar-refractivity contribution is 5.88. The van der Waals surface area contributed by atoms with Crippen molar-refractivity contribution in [2.45, 2.75) is 25.4 Å². The Morgan fingerprint density at radius 1 is 1.25 bits per heavy atom. The fourth-order valence-corrected chi connectivity index (χ4v) is 3.16. The molecule has 1 unspecified atom stereocenters. The van der Waals surface area contributed by atoms with Crippen molar-refractivity contribution in [3.8, 4) is 0 Å². The van der Waals surface area contributed by atoms with Crippen LogP contribution in [0.4, 0.5) is 8.78 Å². The van der Waals surface area contributed by atoms with E-state index < -0.39 is 17.7 Å². The van der Waals surface area contributed by atoms with Crippen LogP contribution in [0.3, 0.4) is 0 Å². The Bertz CT molecular complexity index is 812. The molecule has 2 N–H and O–H groups in total. The third kappa shape index (κ3) is 5.56. The SMILES string of the molecule is O=C(CC1NCCN(Cc2cc(F)cc(F)c2)C1=O)NCCc1ccccn1. The van der Waals surface area contributed by atoms with E-state index in [2.05, 4.69) is 15.6 Å². The Kier molecular flexibility index (Phi) is 6.65. The van der Waals surface area contributed by atoms with Crippen LogP contribution in [0.25, 0.3) is 0 Å². The summed E-state index contributed by atoms with van der Waals surface area (Å²) in [5.74, 6) is -1.85. The maximum atomic E-state index is 13.4. The third-order valence-electron chi connectivity index (χ3n) is 4.50. The topological polar surface area (TPSA) is 74.3 Å². The Labute approximate surface area is 162 Å². The number of nitrogens with one attached hydrogen (secondary N) is 2. The van der Waals surface area contributed by atoms with Crippen molar-refractivity contribution >= 4 is 11.8 Å². The molecule has 1 saturated heterocycles. The zero-order valence-electron chi connectivity index (χ0n) is 15.3. The van der Waals surface area contributed by atoms with Crippen LogP contribution in [0.1, 0.15) is 17.7 Å². The van der Waals surface area contributed by atoms with Gasteiger partial charge in [-0.2, -0.15) is 0 Å². The first-order chi connectivity index (χ1) is 13.5. The van der Waals surface area contributed by atoms with E-state index in [0.717, 1.165) is 11.8 Å². The zero-order valence-corrected chi connectivity index (χ0v) is 15.3. The van der Waals surface area contributed by atoms with Crippen LogP contribution in [-0.2, 0) is 22.6 Å². The van der Waals surface area contributed by atoms with Gasteiger partial charge in [-0.15, -0.1) is 0 Å². The van der Waals surface area contributed by atoms with Gasteiger partial charge in [0, 0.05) is 50.6 Å². The van der Waals surface area contributed by atoms with Crippen LogP contribution in [0, 0.1) is 11.6 Å². The molecule has 148 valence electrons. The molecule has 0 saturated carbocycles. The van der Waals surface area contributed by atoms with Gasteiger partial charge in [-0.05, 0) is 29.8 Å². The largest absolute Gasteiger partial charge is 0.356 e. The summed E-state index contributed by atoms with van der Waals surface area (Å²) in [4.78, 5) is 30.5. The van der Waals surface area contributed by atoms with Crippen molar-refractivity contribution in [3.05, 3.63) is 65.5 Å². The van der Waals surface area contributed by atoms with E-state index in [1.807, 2.05) is 18.2 Å². The van der Waals surface area contributed by atoms with Crippen LogP contribution in [0.15, 0.2) is 42.6 Å². The van der Waals surface area contributed by atoms with E-state index in [1.54, 1.807) is 6.20 Å². The molecular formula is C20H22F2N4O2. The van der Waals surface area contributed by atoms with Crippen molar-refractivity contribution in [1.82, 2.24) is 20.5 Å². The molecule has 8 heteroatoms. The van der Waals surface area contributed by atoms with Crippen LogP contribution in [0.5, 0.6) is 0 Å². The van der Waals surface area contributed by atoms with E-state index >= 15 is 0 Å². The van der Waals surface area contributed by atoms with Gasteiger partial charge in [0.2, 0.25) is 11.8 Å². The highest BCUT2D eigenvalue weighted by Crippen LogP contribution is 2.14. The fraction of sp³-hybridized carbons (Fsp3) is 0.350. The van der Waals surface area contributed by atoms with E-state index in [0.29, 0.717) is 31.6 Å². The number of pyridine rings is 1. The molecule has 1 aliphatic heterocycles. The first-order valence-electron chi connectivity index (χ1n) is 9.15. The summed E-state index contributed by atoms with van der Waals surface area (Å²) in [6.07, 6.45) is 2.31. The van der Waals surface area contributed by atoms with Gasteiger partial charge in [-0.3, -0.25) is 14.6 Å². The van der Waals surface area contributed by atoms with Crippen LogP contribution in [-0.4, -0.2) is 47.4 Å². The second-order valence-corrected chi connectivity index (χ2v) is 6.67. The van der Waals surface area contributed by atoms with Gasteiger partial charge >= 0.3 is 0 Å². The van der Waals surface area contributed by atoms with Gasteiger partial charge in [0.05, 0.1) is 12.5 Å². The number of hydrogen-bond donors (Lipinski definition) is 2. The summed E-state index contributed by atoms with van der Waals surface area (Å²) in [7, 11) is 0. The Hall–Kier alpha value is -2.87. The molecule has 0 aliphatic carbocycles.